The Labute approximate surface area is 180 Å². The van der Waals surface area contributed by atoms with E-state index in [2.05, 4.69) is 5.32 Å². The van der Waals surface area contributed by atoms with Crippen LogP contribution in [0.5, 0.6) is 5.75 Å². The van der Waals surface area contributed by atoms with Crippen molar-refractivity contribution in [1.82, 2.24) is 0 Å². The average Bonchev–Trinajstić information content (AvgIpc) is 3.32. The number of rotatable bonds is 8. The maximum atomic E-state index is 12.7. The molecule has 0 aliphatic heterocycles. The van der Waals surface area contributed by atoms with Crippen LogP contribution >= 0.6 is 11.3 Å². The van der Waals surface area contributed by atoms with Gasteiger partial charge in [0.2, 0.25) is 0 Å². The van der Waals surface area contributed by atoms with Gasteiger partial charge in [0.25, 0.3) is 5.91 Å². The van der Waals surface area contributed by atoms with Crippen LogP contribution in [0.2, 0.25) is 0 Å². The van der Waals surface area contributed by atoms with Crippen LogP contribution in [0, 0.1) is 11.3 Å². The molecule has 0 bridgehead atoms. The highest BCUT2D eigenvalue weighted by molar-refractivity contribution is 7.17. The minimum absolute atomic E-state index is 0.0411. The molecule has 1 aliphatic rings. The van der Waals surface area contributed by atoms with Crippen molar-refractivity contribution in [3.8, 4) is 11.8 Å². The molecule has 30 heavy (non-hydrogen) atoms. The number of carbonyl (C=O) groups is 2. The molecule has 1 aromatic carbocycles. The van der Waals surface area contributed by atoms with Gasteiger partial charge in [0.05, 0.1) is 18.8 Å². The summed E-state index contributed by atoms with van der Waals surface area (Å²) in [6, 6.07) is 9.14. The van der Waals surface area contributed by atoms with Gasteiger partial charge in [-0.15, -0.1) is 11.3 Å². The lowest BCUT2D eigenvalue weighted by Gasteiger charge is -2.08. The summed E-state index contributed by atoms with van der Waals surface area (Å²) in [5, 5.41) is 12.7. The van der Waals surface area contributed by atoms with E-state index in [-0.39, 0.29) is 12.2 Å². The highest BCUT2D eigenvalue weighted by Gasteiger charge is 2.28. The van der Waals surface area contributed by atoms with Crippen LogP contribution in [0.15, 0.2) is 29.8 Å². The molecule has 7 heteroatoms. The molecule has 0 radical (unpaired) electrons. The van der Waals surface area contributed by atoms with Gasteiger partial charge in [-0.1, -0.05) is 19.1 Å². The standard InChI is InChI=1S/C23H24N2O4S/c1-3-12-29-17-10-8-15(9-11-17)13-16(14-24)21(26)25-22-20(23(27)28-4-2)18-6-5-7-19(18)30-22/h8-11,13H,3-7,12H2,1-2H3,(H,25,26)/b16-13+. The van der Waals surface area contributed by atoms with Crippen molar-refractivity contribution in [3.63, 3.8) is 0 Å². The van der Waals surface area contributed by atoms with Gasteiger partial charge in [-0.25, -0.2) is 4.79 Å². The summed E-state index contributed by atoms with van der Waals surface area (Å²) in [4.78, 5) is 26.3. The Morgan fingerprint density at radius 3 is 2.67 bits per heavy atom. The number of aryl methyl sites for hydroxylation is 1. The van der Waals surface area contributed by atoms with Crippen molar-refractivity contribution >= 4 is 34.3 Å². The summed E-state index contributed by atoms with van der Waals surface area (Å²) < 4.78 is 10.7. The van der Waals surface area contributed by atoms with Crippen molar-refractivity contribution in [1.29, 1.82) is 5.26 Å². The second kappa shape index (κ2) is 10.1. The predicted molar refractivity (Wildman–Crippen MR) is 117 cm³/mol. The first-order valence-corrected chi connectivity index (χ1v) is 10.9. The van der Waals surface area contributed by atoms with E-state index in [0.29, 0.717) is 22.7 Å². The summed E-state index contributed by atoms with van der Waals surface area (Å²) in [5.41, 5.74) is 2.06. The molecule has 2 aromatic rings. The zero-order valence-electron chi connectivity index (χ0n) is 17.1. The van der Waals surface area contributed by atoms with E-state index < -0.39 is 11.9 Å². The van der Waals surface area contributed by atoms with E-state index in [1.165, 1.54) is 17.4 Å². The summed E-state index contributed by atoms with van der Waals surface area (Å²) >= 11 is 1.39. The van der Waals surface area contributed by atoms with Gasteiger partial charge in [-0.3, -0.25) is 4.79 Å². The quantitative estimate of drug-likeness (QED) is 0.375. The molecule has 6 nitrogen and oxygen atoms in total. The van der Waals surface area contributed by atoms with Crippen LogP contribution in [0.3, 0.4) is 0 Å². The highest BCUT2D eigenvalue weighted by Crippen LogP contribution is 2.39. The van der Waals surface area contributed by atoms with Gasteiger partial charge in [-0.05, 0) is 61.9 Å². The number of nitriles is 1. The Hall–Kier alpha value is -3.11. The Morgan fingerprint density at radius 1 is 1.23 bits per heavy atom. The summed E-state index contributed by atoms with van der Waals surface area (Å²) in [5.74, 6) is -0.240. The number of carbonyl (C=O) groups excluding carboxylic acids is 2. The monoisotopic (exact) mass is 424 g/mol. The fraction of sp³-hybridized carbons (Fsp3) is 0.348. The molecule has 0 fully saturated rings. The maximum Gasteiger partial charge on any atom is 0.341 e. The van der Waals surface area contributed by atoms with Crippen LogP contribution in [0.4, 0.5) is 5.00 Å². The van der Waals surface area contributed by atoms with E-state index in [1.54, 1.807) is 31.2 Å². The first-order chi connectivity index (χ1) is 14.6. The summed E-state index contributed by atoms with van der Waals surface area (Å²) in [6.45, 7) is 4.68. The first-order valence-electron chi connectivity index (χ1n) is 10.0. The first kappa shape index (κ1) is 21.6. The van der Waals surface area contributed by atoms with Crippen LogP contribution in [-0.2, 0) is 22.4 Å². The molecule has 156 valence electrons. The number of anilines is 1. The number of thiophene rings is 1. The Balaban J connectivity index is 1.80. The van der Waals surface area contributed by atoms with Crippen molar-refractivity contribution in [3.05, 3.63) is 51.4 Å². The van der Waals surface area contributed by atoms with E-state index in [0.717, 1.165) is 41.9 Å². The number of esters is 1. The fourth-order valence-corrected chi connectivity index (χ4v) is 4.55. The second-order valence-electron chi connectivity index (χ2n) is 6.82. The number of nitrogens with zero attached hydrogens (tertiary/aromatic N) is 1. The molecule has 3 rings (SSSR count). The van der Waals surface area contributed by atoms with Crippen molar-refractivity contribution in [2.75, 3.05) is 18.5 Å². The molecule has 0 atom stereocenters. The number of ether oxygens (including phenoxy) is 2. The molecule has 1 amide bonds. The van der Waals surface area contributed by atoms with Crippen molar-refractivity contribution < 1.29 is 19.1 Å². The number of hydrogen-bond donors (Lipinski definition) is 1. The fourth-order valence-electron chi connectivity index (χ4n) is 3.28. The van der Waals surface area contributed by atoms with Crippen LogP contribution in [0.1, 0.15) is 53.1 Å². The molecule has 1 aliphatic carbocycles. The normalized spacial score (nSPS) is 12.8. The number of benzene rings is 1. The molecule has 1 aromatic heterocycles. The van der Waals surface area contributed by atoms with Crippen molar-refractivity contribution in [2.24, 2.45) is 0 Å². The zero-order valence-corrected chi connectivity index (χ0v) is 17.9. The third kappa shape index (κ3) is 4.89. The number of fused-ring (bicyclic) bond motifs is 1. The highest BCUT2D eigenvalue weighted by atomic mass is 32.1. The van der Waals surface area contributed by atoms with E-state index in [1.807, 2.05) is 13.0 Å². The van der Waals surface area contributed by atoms with Crippen LogP contribution in [0.25, 0.3) is 6.08 Å². The molecule has 0 spiro atoms. The molecule has 1 N–H and O–H groups in total. The smallest absolute Gasteiger partial charge is 0.341 e. The molecular weight excluding hydrogens is 400 g/mol. The van der Waals surface area contributed by atoms with Crippen molar-refractivity contribution in [2.45, 2.75) is 39.5 Å². The number of hydrogen-bond acceptors (Lipinski definition) is 6. The second-order valence-corrected chi connectivity index (χ2v) is 7.93. The van der Waals surface area contributed by atoms with E-state index in [9.17, 15) is 14.9 Å². The predicted octanol–water partition coefficient (Wildman–Crippen LogP) is 4.75. The number of amides is 1. The summed E-state index contributed by atoms with van der Waals surface area (Å²) in [6.07, 6.45) is 5.10. The molecule has 0 saturated carbocycles. The minimum Gasteiger partial charge on any atom is -0.494 e. The van der Waals surface area contributed by atoms with Gasteiger partial charge in [0.15, 0.2) is 0 Å². The Morgan fingerprint density at radius 2 is 2.00 bits per heavy atom. The van der Waals surface area contributed by atoms with E-state index in [4.69, 9.17) is 9.47 Å². The SMILES string of the molecule is CCCOc1ccc(/C=C(\C#N)C(=O)Nc2sc3c(c2C(=O)OCC)CCC3)cc1. The average molecular weight is 425 g/mol. The Kier molecular flexibility index (Phi) is 7.26. The van der Waals surface area contributed by atoms with Gasteiger partial charge in [0, 0.05) is 4.88 Å². The van der Waals surface area contributed by atoms with Crippen LogP contribution in [-0.4, -0.2) is 25.1 Å². The zero-order chi connectivity index (χ0) is 21.5. The Bertz CT molecular complexity index is 999. The maximum absolute atomic E-state index is 12.7. The van der Waals surface area contributed by atoms with Crippen LogP contribution < -0.4 is 10.1 Å². The minimum atomic E-state index is -0.547. The topological polar surface area (TPSA) is 88.4 Å². The van der Waals surface area contributed by atoms with E-state index >= 15 is 0 Å². The van der Waals surface area contributed by atoms with Gasteiger partial charge in [-0.2, -0.15) is 5.26 Å². The molecule has 1 heterocycles. The number of nitrogens with one attached hydrogen (secondary N) is 1. The third-order valence-corrected chi connectivity index (χ3v) is 5.86. The molecule has 0 unspecified atom stereocenters. The van der Waals surface area contributed by atoms with Gasteiger partial charge in [0.1, 0.15) is 22.4 Å². The summed E-state index contributed by atoms with van der Waals surface area (Å²) in [7, 11) is 0. The lowest BCUT2D eigenvalue weighted by atomic mass is 10.1. The lowest BCUT2D eigenvalue weighted by Crippen LogP contribution is -2.16. The van der Waals surface area contributed by atoms with Gasteiger partial charge < -0.3 is 14.8 Å². The lowest BCUT2D eigenvalue weighted by molar-refractivity contribution is -0.112. The third-order valence-electron chi connectivity index (χ3n) is 4.66. The largest absolute Gasteiger partial charge is 0.494 e. The molecule has 0 saturated heterocycles. The molecular formula is C23H24N2O4S. The van der Waals surface area contributed by atoms with Gasteiger partial charge >= 0.3 is 5.97 Å².